The molecule has 4 aliphatic carbocycles. The molecular formula is C22H28ClFN2O4S. The predicted molar refractivity (Wildman–Crippen MR) is 114 cm³/mol. The van der Waals surface area contributed by atoms with Gasteiger partial charge in [-0.25, -0.2) is 12.8 Å². The number of halogens is 2. The fraction of sp³-hybridized carbons (Fsp3) is 0.682. The zero-order valence-corrected chi connectivity index (χ0v) is 19.0. The molecule has 4 bridgehead atoms. The molecule has 170 valence electrons. The molecule has 1 amide bonds. The van der Waals surface area contributed by atoms with Gasteiger partial charge in [0.2, 0.25) is 10.0 Å². The number of nitrogens with one attached hydrogen (secondary N) is 1. The van der Waals surface area contributed by atoms with Crippen LogP contribution in [-0.2, 0) is 14.8 Å². The topological polar surface area (TPSA) is 75.7 Å². The Morgan fingerprint density at radius 3 is 2.29 bits per heavy atom. The van der Waals surface area contributed by atoms with Crippen LogP contribution in [-0.4, -0.2) is 51.5 Å². The minimum absolute atomic E-state index is 0.000343. The van der Waals surface area contributed by atoms with Crippen LogP contribution in [0, 0.1) is 29.0 Å². The minimum Gasteiger partial charge on any atom is -0.379 e. The molecule has 1 heterocycles. The number of ether oxygens (including phenoxy) is 1. The molecule has 6 rings (SSSR count). The molecule has 0 atom stereocenters. The smallest absolute Gasteiger partial charge is 0.252 e. The maximum atomic E-state index is 14.6. The fourth-order valence-electron chi connectivity index (χ4n) is 6.70. The lowest BCUT2D eigenvalue weighted by atomic mass is 9.49. The summed E-state index contributed by atoms with van der Waals surface area (Å²) >= 11 is 6.16. The highest BCUT2D eigenvalue weighted by molar-refractivity contribution is 7.89. The largest absolute Gasteiger partial charge is 0.379 e. The highest BCUT2D eigenvalue weighted by Crippen LogP contribution is 2.59. The van der Waals surface area contributed by atoms with Crippen LogP contribution in [0.4, 0.5) is 4.39 Å². The molecular weight excluding hydrogens is 443 g/mol. The van der Waals surface area contributed by atoms with Gasteiger partial charge >= 0.3 is 0 Å². The van der Waals surface area contributed by atoms with Gasteiger partial charge in [0, 0.05) is 19.6 Å². The van der Waals surface area contributed by atoms with E-state index in [1.54, 1.807) is 0 Å². The van der Waals surface area contributed by atoms with Crippen molar-refractivity contribution in [3.63, 3.8) is 0 Å². The molecule has 0 spiro atoms. The molecule has 1 aliphatic heterocycles. The maximum Gasteiger partial charge on any atom is 0.252 e. The lowest BCUT2D eigenvalue weighted by molar-refractivity contribution is -0.0503. The van der Waals surface area contributed by atoms with E-state index in [0.717, 1.165) is 49.1 Å². The number of nitrogens with zero attached hydrogens (tertiary/aromatic N) is 1. The van der Waals surface area contributed by atoms with Crippen molar-refractivity contribution in [1.82, 2.24) is 9.62 Å². The third kappa shape index (κ3) is 4.01. The predicted octanol–water partition coefficient (Wildman–Crippen LogP) is 3.45. The summed E-state index contributed by atoms with van der Waals surface area (Å²) in [5, 5.41) is 2.92. The van der Waals surface area contributed by atoms with Crippen LogP contribution in [0.1, 0.15) is 48.9 Å². The average Bonchev–Trinajstić information content (AvgIpc) is 2.71. The van der Waals surface area contributed by atoms with Crippen molar-refractivity contribution in [1.29, 1.82) is 0 Å². The SMILES string of the molecule is O=C(NCC12CC3CC(CC(C3)C1)C2)c1cc(S(=O)(=O)N2CCOCC2)c(F)cc1Cl. The normalized spacial score (nSPS) is 32.9. The number of hydrogen-bond donors (Lipinski definition) is 1. The Morgan fingerprint density at radius 1 is 1.13 bits per heavy atom. The van der Waals surface area contributed by atoms with Crippen molar-refractivity contribution in [3.8, 4) is 0 Å². The zero-order valence-electron chi connectivity index (χ0n) is 17.4. The van der Waals surface area contributed by atoms with Crippen molar-refractivity contribution >= 4 is 27.5 Å². The summed E-state index contributed by atoms with van der Waals surface area (Å²) in [5.74, 6) is 0.904. The fourth-order valence-corrected chi connectivity index (χ4v) is 8.41. The minimum atomic E-state index is -4.08. The van der Waals surface area contributed by atoms with Crippen molar-refractivity contribution in [3.05, 3.63) is 28.5 Å². The van der Waals surface area contributed by atoms with Crippen LogP contribution >= 0.6 is 11.6 Å². The number of rotatable bonds is 5. The van der Waals surface area contributed by atoms with Gasteiger partial charge in [0.05, 0.1) is 23.8 Å². The zero-order chi connectivity index (χ0) is 21.8. The summed E-state index contributed by atoms with van der Waals surface area (Å²) in [6.07, 6.45) is 7.40. The number of amides is 1. The summed E-state index contributed by atoms with van der Waals surface area (Å²) in [7, 11) is -4.08. The number of morpholine rings is 1. The molecule has 1 aromatic rings. The van der Waals surface area contributed by atoms with E-state index in [-0.39, 0.29) is 42.3 Å². The summed E-state index contributed by atoms with van der Waals surface area (Å²) in [6, 6.07) is 2.01. The molecule has 0 radical (unpaired) electrons. The highest BCUT2D eigenvalue weighted by atomic mass is 35.5. The molecule has 4 saturated carbocycles. The number of hydrogen-bond acceptors (Lipinski definition) is 4. The van der Waals surface area contributed by atoms with Gasteiger partial charge in [-0.15, -0.1) is 0 Å². The van der Waals surface area contributed by atoms with E-state index in [2.05, 4.69) is 5.32 Å². The maximum absolute atomic E-state index is 14.6. The van der Waals surface area contributed by atoms with E-state index in [9.17, 15) is 17.6 Å². The van der Waals surface area contributed by atoms with Gasteiger partial charge in [0.25, 0.3) is 5.91 Å². The van der Waals surface area contributed by atoms with Gasteiger partial charge in [-0.1, -0.05) is 11.6 Å². The van der Waals surface area contributed by atoms with E-state index in [0.29, 0.717) is 6.54 Å². The molecule has 5 aliphatic rings. The first-order valence-corrected chi connectivity index (χ1v) is 12.9. The Morgan fingerprint density at radius 2 is 1.71 bits per heavy atom. The quantitative estimate of drug-likeness (QED) is 0.715. The van der Waals surface area contributed by atoms with Gasteiger partial charge in [-0.2, -0.15) is 4.31 Å². The van der Waals surface area contributed by atoms with E-state index in [1.807, 2.05) is 0 Å². The number of sulfonamides is 1. The Hall–Kier alpha value is -1.22. The standard InChI is InChI=1S/C22H28ClFN2O4S/c23-18-9-19(24)20(31(28,29)26-1-3-30-4-2-26)8-17(18)21(27)25-13-22-10-14-5-15(11-22)7-16(6-14)12-22/h8-9,14-16H,1-7,10-13H2,(H,25,27). The summed E-state index contributed by atoms with van der Waals surface area (Å²) in [6.45, 7) is 1.38. The second kappa shape index (κ2) is 7.97. The summed E-state index contributed by atoms with van der Waals surface area (Å²) < 4.78 is 46.8. The van der Waals surface area contributed by atoms with Crippen molar-refractivity contribution in [2.75, 3.05) is 32.8 Å². The molecule has 6 nitrogen and oxygen atoms in total. The molecule has 9 heteroatoms. The van der Waals surface area contributed by atoms with Gasteiger partial charge < -0.3 is 10.1 Å². The summed E-state index contributed by atoms with van der Waals surface area (Å²) in [4.78, 5) is 12.5. The van der Waals surface area contributed by atoms with E-state index < -0.39 is 26.6 Å². The van der Waals surface area contributed by atoms with Crippen LogP contribution in [0.2, 0.25) is 5.02 Å². The Bertz CT molecular complexity index is 958. The average molecular weight is 471 g/mol. The lowest BCUT2D eigenvalue weighted by Crippen LogP contribution is -2.51. The highest BCUT2D eigenvalue weighted by Gasteiger charge is 2.50. The molecule has 0 unspecified atom stereocenters. The number of carbonyl (C=O) groups excluding carboxylic acids is 1. The van der Waals surface area contributed by atoms with Gasteiger partial charge in [-0.05, 0) is 73.8 Å². The molecule has 1 N–H and O–H groups in total. The van der Waals surface area contributed by atoms with Crippen LogP contribution in [0.25, 0.3) is 0 Å². The van der Waals surface area contributed by atoms with Crippen LogP contribution in [0.3, 0.4) is 0 Å². The molecule has 0 aromatic heterocycles. The third-order valence-electron chi connectivity index (χ3n) is 7.64. The lowest BCUT2D eigenvalue weighted by Gasteiger charge is -2.56. The molecule has 1 saturated heterocycles. The van der Waals surface area contributed by atoms with Crippen molar-refractivity contribution < 1.29 is 22.3 Å². The first-order valence-electron chi connectivity index (χ1n) is 11.1. The van der Waals surface area contributed by atoms with Crippen molar-refractivity contribution in [2.45, 2.75) is 43.4 Å². The molecule has 1 aromatic carbocycles. The second-order valence-electron chi connectivity index (χ2n) is 9.88. The monoisotopic (exact) mass is 470 g/mol. The third-order valence-corrected chi connectivity index (χ3v) is 9.87. The van der Waals surface area contributed by atoms with E-state index in [4.69, 9.17) is 16.3 Å². The molecule has 31 heavy (non-hydrogen) atoms. The van der Waals surface area contributed by atoms with E-state index in [1.165, 1.54) is 23.6 Å². The Labute approximate surface area is 187 Å². The second-order valence-corrected chi connectivity index (χ2v) is 12.2. The van der Waals surface area contributed by atoms with Crippen LogP contribution < -0.4 is 5.32 Å². The van der Waals surface area contributed by atoms with Crippen molar-refractivity contribution in [2.24, 2.45) is 23.2 Å². The number of carbonyl (C=O) groups is 1. The summed E-state index contributed by atoms with van der Waals surface area (Å²) in [5.41, 5.74) is 0.138. The Kier molecular flexibility index (Phi) is 5.56. The van der Waals surface area contributed by atoms with E-state index >= 15 is 0 Å². The van der Waals surface area contributed by atoms with Crippen LogP contribution in [0.5, 0.6) is 0 Å². The van der Waals surface area contributed by atoms with Gasteiger partial charge in [0.15, 0.2) is 0 Å². The first-order chi connectivity index (χ1) is 14.8. The van der Waals surface area contributed by atoms with Gasteiger partial charge in [0.1, 0.15) is 10.7 Å². The first kappa shape index (κ1) is 21.6. The number of benzene rings is 1. The van der Waals surface area contributed by atoms with Crippen LogP contribution in [0.15, 0.2) is 17.0 Å². The molecule has 5 fully saturated rings. The Balaban J connectivity index is 1.35. The van der Waals surface area contributed by atoms with Gasteiger partial charge in [-0.3, -0.25) is 4.79 Å².